The number of hydrogen-bond donors (Lipinski definition) is 2. The van der Waals surface area contributed by atoms with Gasteiger partial charge in [0.15, 0.2) is 0 Å². The number of benzene rings is 1. The minimum Gasteiger partial charge on any atom is -0.445 e. The van der Waals surface area contributed by atoms with Crippen molar-refractivity contribution in [2.75, 3.05) is 6.54 Å². The van der Waals surface area contributed by atoms with Gasteiger partial charge in [-0.1, -0.05) is 50.6 Å². The van der Waals surface area contributed by atoms with Crippen molar-refractivity contribution in [2.24, 2.45) is 5.92 Å². The van der Waals surface area contributed by atoms with Crippen molar-refractivity contribution in [3.8, 4) is 0 Å². The van der Waals surface area contributed by atoms with Crippen LogP contribution in [0.1, 0.15) is 25.8 Å². The summed E-state index contributed by atoms with van der Waals surface area (Å²) in [5, 5.41) is 12.2. The third-order valence-electron chi connectivity index (χ3n) is 2.97. The van der Waals surface area contributed by atoms with Crippen molar-refractivity contribution in [3.05, 3.63) is 35.9 Å². The summed E-state index contributed by atoms with van der Waals surface area (Å²) in [4.78, 5) is 11.4. The molecule has 1 amide bonds. The predicted molar refractivity (Wildman–Crippen MR) is 70.1 cm³/mol. The molecule has 0 saturated heterocycles. The number of hydrogen-bond acceptors (Lipinski definition) is 3. The molecular formula is C14H21NO3. The van der Waals surface area contributed by atoms with E-state index in [4.69, 9.17) is 4.74 Å². The normalized spacial score (nSPS) is 13.7. The largest absolute Gasteiger partial charge is 0.445 e. The summed E-state index contributed by atoms with van der Waals surface area (Å²) in [5.41, 5.74) is 0.940. The van der Waals surface area contributed by atoms with E-state index in [1.54, 1.807) is 0 Å². The van der Waals surface area contributed by atoms with Crippen LogP contribution in [0, 0.1) is 5.92 Å². The van der Waals surface area contributed by atoms with Crippen molar-refractivity contribution in [2.45, 2.75) is 33.0 Å². The molecule has 2 atom stereocenters. The summed E-state index contributed by atoms with van der Waals surface area (Å²) in [6, 6.07) is 9.47. The molecule has 0 aromatic heterocycles. The van der Waals surface area contributed by atoms with Crippen LogP contribution in [0.2, 0.25) is 0 Å². The number of ether oxygens (including phenoxy) is 1. The molecule has 2 N–H and O–H groups in total. The van der Waals surface area contributed by atoms with Crippen molar-refractivity contribution < 1.29 is 14.6 Å². The summed E-state index contributed by atoms with van der Waals surface area (Å²) in [5.74, 6) is 0.166. The quantitative estimate of drug-likeness (QED) is 0.815. The van der Waals surface area contributed by atoms with E-state index in [1.165, 1.54) is 0 Å². The van der Waals surface area contributed by atoms with Crippen LogP contribution in [0.5, 0.6) is 0 Å². The molecule has 4 nitrogen and oxygen atoms in total. The first-order valence-electron chi connectivity index (χ1n) is 6.26. The summed E-state index contributed by atoms with van der Waals surface area (Å²) in [6.45, 7) is 4.41. The number of aliphatic hydroxyl groups excluding tert-OH is 1. The highest BCUT2D eigenvalue weighted by Crippen LogP contribution is 2.06. The van der Waals surface area contributed by atoms with Crippen LogP contribution < -0.4 is 5.32 Å². The third kappa shape index (κ3) is 5.19. The molecule has 0 aliphatic carbocycles. The first-order chi connectivity index (χ1) is 8.63. The van der Waals surface area contributed by atoms with Gasteiger partial charge in [-0.2, -0.15) is 0 Å². The first kappa shape index (κ1) is 14.5. The topological polar surface area (TPSA) is 58.6 Å². The molecule has 0 aliphatic heterocycles. The van der Waals surface area contributed by atoms with E-state index in [2.05, 4.69) is 5.32 Å². The molecule has 1 aromatic rings. The molecule has 0 spiro atoms. The van der Waals surface area contributed by atoms with Gasteiger partial charge in [0.05, 0.1) is 6.10 Å². The average molecular weight is 251 g/mol. The Morgan fingerprint density at radius 1 is 1.39 bits per heavy atom. The van der Waals surface area contributed by atoms with Crippen molar-refractivity contribution in [1.82, 2.24) is 5.32 Å². The maximum Gasteiger partial charge on any atom is 0.407 e. The van der Waals surface area contributed by atoms with Crippen LogP contribution in [0.3, 0.4) is 0 Å². The Morgan fingerprint density at radius 3 is 2.67 bits per heavy atom. The predicted octanol–water partition coefficient (Wildman–Crippen LogP) is 2.32. The van der Waals surface area contributed by atoms with Crippen LogP contribution >= 0.6 is 0 Å². The van der Waals surface area contributed by atoms with Gasteiger partial charge in [-0.15, -0.1) is 0 Å². The molecule has 0 saturated carbocycles. The standard InChI is InChI=1S/C14H21NO3/c1-3-11(2)13(16)9-15-14(17)18-10-12-7-5-4-6-8-12/h4-8,11,13,16H,3,9-10H2,1-2H3,(H,15,17). The van der Waals surface area contributed by atoms with Crippen LogP contribution in [0.25, 0.3) is 0 Å². The number of alkyl carbamates (subject to hydrolysis) is 1. The zero-order valence-corrected chi connectivity index (χ0v) is 10.9. The van der Waals surface area contributed by atoms with Gasteiger partial charge in [-0.25, -0.2) is 4.79 Å². The molecule has 0 aliphatic rings. The molecule has 2 unspecified atom stereocenters. The maximum absolute atomic E-state index is 11.4. The molecule has 0 fully saturated rings. The summed E-state index contributed by atoms with van der Waals surface area (Å²) >= 11 is 0. The molecule has 1 aromatic carbocycles. The van der Waals surface area contributed by atoms with E-state index < -0.39 is 12.2 Å². The monoisotopic (exact) mass is 251 g/mol. The SMILES string of the molecule is CCC(C)C(O)CNC(=O)OCc1ccccc1. The third-order valence-corrected chi connectivity index (χ3v) is 2.97. The lowest BCUT2D eigenvalue weighted by atomic mass is 10.0. The van der Waals surface area contributed by atoms with Gasteiger partial charge in [0.25, 0.3) is 0 Å². The summed E-state index contributed by atoms with van der Waals surface area (Å²) < 4.78 is 5.03. The van der Waals surface area contributed by atoms with Crippen LogP contribution in [0.4, 0.5) is 4.79 Å². The van der Waals surface area contributed by atoms with E-state index in [1.807, 2.05) is 44.2 Å². The van der Waals surface area contributed by atoms with Gasteiger partial charge in [-0.3, -0.25) is 0 Å². The molecule has 18 heavy (non-hydrogen) atoms. The number of amides is 1. The van der Waals surface area contributed by atoms with E-state index in [9.17, 15) is 9.90 Å². The highest BCUT2D eigenvalue weighted by molar-refractivity contribution is 5.67. The average Bonchev–Trinajstić information content (AvgIpc) is 2.42. The summed E-state index contributed by atoms with van der Waals surface area (Å²) in [6.07, 6.45) is -0.150. The Bertz CT molecular complexity index is 353. The van der Waals surface area contributed by atoms with Gasteiger partial charge in [-0.05, 0) is 11.5 Å². The Hall–Kier alpha value is -1.55. The number of carbonyl (C=O) groups excluding carboxylic acids is 1. The number of aliphatic hydroxyl groups is 1. The Morgan fingerprint density at radius 2 is 2.06 bits per heavy atom. The second kappa shape index (κ2) is 7.71. The fraction of sp³-hybridized carbons (Fsp3) is 0.500. The van der Waals surface area contributed by atoms with Crippen molar-refractivity contribution >= 4 is 6.09 Å². The van der Waals surface area contributed by atoms with Crippen LogP contribution in [-0.4, -0.2) is 23.8 Å². The number of nitrogens with one attached hydrogen (secondary N) is 1. The second-order valence-electron chi connectivity index (χ2n) is 4.40. The van der Waals surface area contributed by atoms with Gasteiger partial charge >= 0.3 is 6.09 Å². The maximum atomic E-state index is 11.4. The van der Waals surface area contributed by atoms with Gasteiger partial charge in [0.2, 0.25) is 0 Å². The summed E-state index contributed by atoms with van der Waals surface area (Å²) in [7, 11) is 0. The first-order valence-corrected chi connectivity index (χ1v) is 6.26. The van der Waals surface area contributed by atoms with Crippen molar-refractivity contribution in [1.29, 1.82) is 0 Å². The Balaban J connectivity index is 2.22. The van der Waals surface area contributed by atoms with Gasteiger partial charge in [0, 0.05) is 6.54 Å². The fourth-order valence-corrected chi connectivity index (χ4v) is 1.44. The Labute approximate surface area is 108 Å². The van der Waals surface area contributed by atoms with Gasteiger partial charge < -0.3 is 15.2 Å². The number of rotatable bonds is 6. The second-order valence-corrected chi connectivity index (χ2v) is 4.40. The van der Waals surface area contributed by atoms with E-state index in [-0.39, 0.29) is 19.1 Å². The molecular weight excluding hydrogens is 230 g/mol. The number of carbonyl (C=O) groups is 1. The highest BCUT2D eigenvalue weighted by atomic mass is 16.5. The minimum atomic E-state index is -0.528. The van der Waals surface area contributed by atoms with E-state index in [0.717, 1.165) is 12.0 Å². The van der Waals surface area contributed by atoms with Crippen molar-refractivity contribution in [3.63, 3.8) is 0 Å². The molecule has 0 radical (unpaired) electrons. The fourth-order valence-electron chi connectivity index (χ4n) is 1.44. The molecule has 0 bridgehead atoms. The Kier molecular flexibility index (Phi) is 6.22. The van der Waals surface area contributed by atoms with Crippen LogP contribution in [0.15, 0.2) is 30.3 Å². The highest BCUT2D eigenvalue weighted by Gasteiger charge is 2.13. The molecule has 1 rings (SSSR count). The lowest BCUT2D eigenvalue weighted by Crippen LogP contribution is -2.35. The minimum absolute atomic E-state index is 0.166. The molecule has 4 heteroatoms. The lowest BCUT2D eigenvalue weighted by molar-refractivity contribution is 0.0998. The van der Waals surface area contributed by atoms with Gasteiger partial charge in [0.1, 0.15) is 6.61 Å². The zero-order chi connectivity index (χ0) is 13.4. The molecule has 0 heterocycles. The lowest BCUT2D eigenvalue weighted by Gasteiger charge is -2.17. The molecule has 100 valence electrons. The van der Waals surface area contributed by atoms with E-state index >= 15 is 0 Å². The smallest absolute Gasteiger partial charge is 0.407 e. The van der Waals surface area contributed by atoms with E-state index in [0.29, 0.717) is 0 Å². The van der Waals surface area contributed by atoms with Crippen LogP contribution in [-0.2, 0) is 11.3 Å². The zero-order valence-electron chi connectivity index (χ0n) is 10.9.